The van der Waals surface area contributed by atoms with Crippen LogP contribution in [0.4, 0.5) is 5.69 Å². The zero-order valence-electron chi connectivity index (χ0n) is 12.6. The maximum absolute atomic E-state index is 12.8. The Balaban J connectivity index is 2.36. The van der Waals surface area contributed by atoms with E-state index in [0.717, 1.165) is 6.42 Å². The van der Waals surface area contributed by atoms with E-state index in [1.165, 1.54) is 11.2 Å². The standard InChI is InChI=1S/C14H20BrN3O3S/c1-9-5-13(17-10(2)19)12(15)6-14(9)22(20,21)18-4-3-11(7-16)8-18/h5-6,11H,3-4,7-8,16H2,1-2H3,(H,17,19). The topological polar surface area (TPSA) is 92.5 Å². The minimum absolute atomic E-state index is 0.207. The average Bonchev–Trinajstić information content (AvgIpc) is 2.91. The van der Waals surface area contributed by atoms with Crippen LogP contribution in [0.15, 0.2) is 21.5 Å². The number of nitrogens with two attached hydrogens (primary N) is 1. The molecular formula is C14H20BrN3O3S. The highest BCUT2D eigenvalue weighted by Gasteiger charge is 2.33. The maximum atomic E-state index is 12.8. The molecule has 6 nitrogen and oxygen atoms in total. The van der Waals surface area contributed by atoms with Gasteiger partial charge in [0.05, 0.1) is 10.6 Å². The van der Waals surface area contributed by atoms with Gasteiger partial charge in [-0.1, -0.05) is 0 Å². The quantitative estimate of drug-likeness (QED) is 0.818. The minimum Gasteiger partial charge on any atom is -0.330 e. The predicted octanol–water partition coefficient (Wildman–Crippen LogP) is 1.69. The SMILES string of the molecule is CC(=O)Nc1cc(C)c(S(=O)(=O)N2CCC(CN)C2)cc1Br. The molecule has 1 saturated heterocycles. The molecule has 1 aliphatic heterocycles. The Morgan fingerprint density at radius 2 is 2.18 bits per heavy atom. The molecule has 1 aromatic rings. The summed E-state index contributed by atoms with van der Waals surface area (Å²) in [6, 6.07) is 3.21. The van der Waals surface area contributed by atoms with Gasteiger partial charge < -0.3 is 11.1 Å². The normalized spacial score (nSPS) is 19.4. The second kappa shape index (κ2) is 6.66. The molecule has 0 spiro atoms. The van der Waals surface area contributed by atoms with Crippen LogP contribution in [0.5, 0.6) is 0 Å². The van der Waals surface area contributed by atoms with Crippen molar-refractivity contribution in [3.8, 4) is 0 Å². The van der Waals surface area contributed by atoms with Gasteiger partial charge in [0.2, 0.25) is 15.9 Å². The summed E-state index contributed by atoms with van der Waals surface area (Å²) in [7, 11) is -3.55. The fourth-order valence-corrected chi connectivity index (χ4v) is 4.93. The summed E-state index contributed by atoms with van der Waals surface area (Å²) in [4.78, 5) is 11.4. The van der Waals surface area contributed by atoms with Crippen LogP contribution < -0.4 is 11.1 Å². The van der Waals surface area contributed by atoms with Crippen LogP contribution in [0, 0.1) is 12.8 Å². The molecule has 122 valence electrons. The molecular weight excluding hydrogens is 370 g/mol. The Labute approximate surface area is 139 Å². The zero-order chi connectivity index (χ0) is 16.5. The van der Waals surface area contributed by atoms with Gasteiger partial charge in [0.25, 0.3) is 0 Å². The van der Waals surface area contributed by atoms with Crippen molar-refractivity contribution >= 4 is 37.5 Å². The summed E-state index contributed by atoms with van der Waals surface area (Å²) in [6.07, 6.45) is 0.792. The van der Waals surface area contributed by atoms with Crippen LogP contribution in [-0.2, 0) is 14.8 Å². The Bertz CT molecular complexity index is 691. The van der Waals surface area contributed by atoms with Gasteiger partial charge in [-0.2, -0.15) is 4.31 Å². The lowest BCUT2D eigenvalue weighted by Crippen LogP contribution is -2.30. The second-order valence-corrected chi connectivity index (χ2v) is 8.29. The predicted molar refractivity (Wildman–Crippen MR) is 89.1 cm³/mol. The van der Waals surface area contributed by atoms with Crippen LogP contribution >= 0.6 is 15.9 Å². The number of aryl methyl sites for hydroxylation is 1. The number of anilines is 1. The Morgan fingerprint density at radius 1 is 1.50 bits per heavy atom. The van der Waals surface area contributed by atoms with E-state index in [0.29, 0.717) is 35.4 Å². The number of hydrogen-bond acceptors (Lipinski definition) is 4. The molecule has 0 saturated carbocycles. The molecule has 8 heteroatoms. The molecule has 1 unspecified atom stereocenters. The number of benzene rings is 1. The number of halogens is 1. The highest BCUT2D eigenvalue weighted by molar-refractivity contribution is 9.10. The number of nitrogens with one attached hydrogen (secondary N) is 1. The summed E-state index contributed by atoms with van der Waals surface area (Å²) in [6.45, 7) is 4.58. The van der Waals surface area contributed by atoms with E-state index >= 15 is 0 Å². The van der Waals surface area contributed by atoms with Gasteiger partial charge >= 0.3 is 0 Å². The van der Waals surface area contributed by atoms with E-state index in [9.17, 15) is 13.2 Å². The third kappa shape index (κ3) is 3.51. The molecule has 0 bridgehead atoms. The van der Waals surface area contributed by atoms with E-state index < -0.39 is 10.0 Å². The van der Waals surface area contributed by atoms with Crippen molar-refractivity contribution in [3.05, 3.63) is 22.2 Å². The Kier molecular flexibility index (Phi) is 5.26. The van der Waals surface area contributed by atoms with Gasteiger partial charge in [-0.25, -0.2) is 8.42 Å². The molecule has 22 heavy (non-hydrogen) atoms. The molecule has 0 aromatic heterocycles. The fourth-order valence-electron chi connectivity index (χ4n) is 2.57. The molecule has 1 fully saturated rings. The van der Waals surface area contributed by atoms with E-state index in [1.54, 1.807) is 19.1 Å². The third-order valence-corrected chi connectivity index (χ3v) is 6.44. The van der Waals surface area contributed by atoms with Crippen molar-refractivity contribution in [3.63, 3.8) is 0 Å². The van der Waals surface area contributed by atoms with E-state index in [2.05, 4.69) is 21.2 Å². The number of nitrogens with zero attached hydrogens (tertiary/aromatic N) is 1. The molecule has 1 aromatic carbocycles. The number of carbonyl (C=O) groups excluding carboxylic acids is 1. The van der Waals surface area contributed by atoms with Crippen molar-refractivity contribution in [2.45, 2.75) is 25.2 Å². The highest BCUT2D eigenvalue weighted by atomic mass is 79.9. The first-order valence-corrected chi connectivity index (χ1v) is 9.27. The molecule has 1 amide bonds. The molecule has 0 aliphatic carbocycles. The molecule has 3 N–H and O–H groups in total. The molecule has 0 radical (unpaired) electrons. The van der Waals surface area contributed by atoms with Crippen molar-refractivity contribution in [1.29, 1.82) is 0 Å². The monoisotopic (exact) mass is 389 g/mol. The van der Waals surface area contributed by atoms with E-state index in [-0.39, 0.29) is 16.7 Å². The molecule has 2 rings (SSSR count). The van der Waals surface area contributed by atoms with Crippen molar-refractivity contribution in [2.24, 2.45) is 11.7 Å². The first kappa shape index (κ1) is 17.4. The van der Waals surface area contributed by atoms with Gasteiger partial charge in [0, 0.05) is 24.5 Å². The molecule has 1 heterocycles. The van der Waals surface area contributed by atoms with Crippen LogP contribution in [-0.4, -0.2) is 38.3 Å². The zero-order valence-corrected chi connectivity index (χ0v) is 15.0. The Hall–Kier alpha value is -0.960. The van der Waals surface area contributed by atoms with Crippen molar-refractivity contribution in [1.82, 2.24) is 4.31 Å². The first-order chi connectivity index (χ1) is 10.3. The van der Waals surface area contributed by atoms with Crippen LogP contribution in [0.1, 0.15) is 18.9 Å². The van der Waals surface area contributed by atoms with Gasteiger partial charge in [-0.05, 0) is 59.4 Å². The average molecular weight is 390 g/mol. The molecule has 1 atom stereocenters. The van der Waals surface area contributed by atoms with E-state index in [1.807, 2.05) is 0 Å². The minimum atomic E-state index is -3.55. The lowest BCUT2D eigenvalue weighted by atomic mass is 10.1. The summed E-state index contributed by atoms with van der Waals surface area (Å²) < 4.78 is 27.6. The van der Waals surface area contributed by atoms with Crippen LogP contribution in [0.25, 0.3) is 0 Å². The summed E-state index contributed by atoms with van der Waals surface area (Å²) in [5, 5.41) is 2.67. The summed E-state index contributed by atoms with van der Waals surface area (Å²) >= 11 is 3.32. The number of carbonyl (C=O) groups is 1. The van der Waals surface area contributed by atoms with Gasteiger partial charge in [-0.15, -0.1) is 0 Å². The van der Waals surface area contributed by atoms with E-state index in [4.69, 9.17) is 5.73 Å². The fraction of sp³-hybridized carbons (Fsp3) is 0.500. The number of sulfonamides is 1. The number of amides is 1. The Morgan fingerprint density at radius 3 is 2.73 bits per heavy atom. The summed E-state index contributed by atoms with van der Waals surface area (Å²) in [5.41, 5.74) is 6.79. The lowest BCUT2D eigenvalue weighted by Gasteiger charge is -2.19. The smallest absolute Gasteiger partial charge is 0.243 e. The van der Waals surface area contributed by atoms with Gasteiger partial charge in [-0.3, -0.25) is 4.79 Å². The van der Waals surface area contributed by atoms with Crippen molar-refractivity contribution < 1.29 is 13.2 Å². The highest BCUT2D eigenvalue weighted by Crippen LogP contribution is 2.32. The summed E-state index contributed by atoms with van der Waals surface area (Å²) in [5.74, 6) is 0.0122. The largest absolute Gasteiger partial charge is 0.330 e. The van der Waals surface area contributed by atoms with Gasteiger partial charge in [0.15, 0.2) is 0 Å². The van der Waals surface area contributed by atoms with Crippen LogP contribution in [0.2, 0.25) is 0 Å². The number of hydrogen-bond donors (Lipinski definition) is 2. The number of rotatable bonds is 4. The first-order valence-electron chi connectivity index (χ1n) is 7.03. The third-order valence-electron chi connectivity index (χ3n) is 3.78. The lowest BCUT2D eigenvalue weighted by molar-refractivity contribution is -0.114. The molecule has 1 aliphatic rings. The van der Waals surface area contributed by atoms with Crippen molar-refractivity contribution in [2.75, 3.05) is 25.0 Å². The maximum Gasteiger partial charge on any atom is 0.243 e. The second-order valence-electron chi connectivity index (χ2n) is 5.53. The van der Waals surface area contributed by atoms with Gasteiger partial charge in [0.1, 0.15) is 0 Å². The van der Waals surface area contributed by atoms with Crippen LogP contribution in [0.3, 0.4) is 0 Å².